The van der Waals surface area contributed by atoms with Gasteiger partial charge >= 0.3 is 0 Å². The quantitative estimate of drug-likeness (QED) is 0.865. The van der Waals surface area contributed by atoms with Crippen LogP contribution < -0.4 is 10.6 Å². The highest BCUT2D eigenvalue weighted by molar-refractivity contribution is 5.85. The van der Waals surface area contributed by atoms with Crippen LogP contribution in [-0.4, -0.2) is 19.1 Å². The molecule has 0 bridgehead atoms. The Labute approximate surface area is 116 Å². The van der Waals surface area contributed by atoms with Gasteiger partial charge in [0.2, 0.25) is 0 Å². The Hall–Kier alpha value is -0.440. The number of nitrogens with one attached hydrogen (secondary N) is 2. The molecular formula is C13H22Cl2N2. The molecule has 1 aromatic rings. The fourth-order valence-electron chi connectivity index (χ4n) is 2.10. The fourth-order valence-corrected chi connectivity index (χ4v) is 2.10. The van der Waals surface area contributed by atoms with Crippen molar-refractivity contribution in [1.82, 2.24) is 5.32 Å². The molecule has 1 aliphatic rings. The van der Waals surface area contributed by atoms with Gasteiger partial charge < -0.3 is 10.6 Å². The third-order valence-corrected chi connectivity index (χ3v) is 2.97. The fraction of sp³-hybridized carbons (Fsp3) is 0.538. The molecule has 0 spiro atoms. The van der Waals surface area contributed by atoms with E-state index in [1.54, 1.807) is 0 Å². The van der Waals surface area contributed by atoms with Gasteiger partial charge in [-0.2, -0.15) is 0 Å². The van der Waals surface area contributed by atoms with Crippen LogP contribution in [0.5, 0.6) is 0 Å². The third-order valence-electron chi connectivity index (χ3n) is 2.97. The first-order valence-corrected chi connectivity index (χ1v) is 5.97. The Balaban J connectivity index is 0.00000128. The Morgan fingerprint density at radius 1 is 0.941 bits per heavy atom. The highest BCUT2D eigenvalue weighted by atomic mass is 35.5. The number of benzene rings is 1. The van der Waals surface area contributed by atoms with Crippen molar-refractivity contribution in [3.8, 4) is 0 Å². The van der Waals surface area contributed by atoms with E-state index in [2.05, 4.69) is 41.0 Å². The Bertz CT molecular complexity index is 272. The zero-order valence-electron chi connectivity index (χ0n) is 10.0. The largest absolute Gasteiger partial charge is 0.382 e. The second-order valence-electron chi connectivity index (χ2n) is 4.24. The van der Waals surface area contributed by atoms with Crippen molar-refractivity contribution >= 4 is 30.5 Å². The molecule has 2 nitrogen and oxygen atoms in total. The van der Waals surface area contributed by atoms with Gasteiger partial charge in [0.25, 0.3) is 0 Å². The average Bonchev–Trinajstić information content (AvgIpc) is 2.23. The van der Waals surface area contributed by atoms with E-state index in [9.17, 15) is 0 Å². The lowest BCUT2D eigenvalue weighted by Gasteiger charge is -2.22. The predicted molar refractivity (Wildman–Crippen MR) is 79.7 cm³/mol. The number of para-hydroxylation sites is 1. The van der Waals surface area contributed by atoms with Crippen LogP contribution in [0.15, 0.2) is 30.3 Å². The van der Waals surface area contributed by atoms with E-state index in [0.717, 1.165) is 6.54 Å². The summed E-state index contributed by atoms with van der Waals surface area (Å²) in [6.45, 7) is 2.34. The number of hydrogen-bond donors (Lipinski definition) is 2. The summed E-state index contributed by atoms with van der Waals surface area (Å²) in [6, 6.07) is 11.2. The molecule has 17 heavy (non-hydrogen) atoms. The van der Waals surface area contributed by atoms with Crippen LogP contribution in [0, 0.1) is 0 Å². The zero-order chi connectivity index (χ0) is 10.3. The van der Waals surface area contributed by atoms with Crippen LogP contribution in [0.3, 0.4) is 0 Å². The van der Waals surface area contributed by atoms with E-state index in [1.807, 2.05) is 0 Å². The minimum Gasteiger partial charge on any atom is -0.382 e. The second-order valence-corrected chi connectivity index (χ2v) is 4.24. The van der Waals surface area contributed by atoms with Gasteiger partial charge in [-0.05, 0) is 44.5 Å². The summed E-state index contributed by atoms with van der Waals surface area (Å²) in [6.07, 6.45) is 5.18. The van der Waals surface area contributed by atoms with Crippen LogP contribution in [0.2, 0.25) is 0 Å². The zero-order valence-corrected chi connectivity index (χ0v) is 11.7. The second kappa shape index (κ2) is 9.58. The summed E-state index contributed by atoms with van der Waals surface area (Å²) >= 11 is 0. The van der Waals surface area contributed by atoms with E-state index in [1.165, 1.54) is 37.9 Å². The summed E-state index contributed by atoms with van der Waals surface area (Å²) in [7, 11) is 0. The number of halogens is 2. The first-order chi connectivity index (χ1) is 7.45. The summed E-state index contributed by atoms with van der Waals surface area (Å²) in [5.74, 6) is 0. The van der Waals surface area contributed by atoms with Crippen LogP contribution >= 0.6 is 24.8 Å². The van der Waals surface area contributed by atoms with Crippen molar-refractivity contribution in [1.29, 1.82) is 0 Å². The normalized spacial score (nSPS) is 20.1. The van der Waals surface area contributed by atoms with Crippen LogP contribution in [0.25, 0.3) is 0 Å². The molecular weight excluding hydrogens is 255 g/mol. The van der Waals surface area contributed by atoms with Crippen molar-refractivity contribution in [2.45, 2.75) is 31.7 Å². The smallest absolute Gasteiger partial charge is 0.0342 e. The number of hydrogen-bond acceptors (Lipinski definition) is 2. The van der Waals surface area contributed by atoms with Crippen molar-refractivity contribution in [2.24, 2.45) is 0 Å². The van der Waals surface area contributed by atoms with Gasteiger partial charge in [-0.15, -0.1) is 24.8 Å². The topological polar surface area (TPSA) is 24.1 Å². The van der Waals surface area contributed by atoms with Gasteiger partial charge in [-0.25, -0.2) is 0 Å². The molecule has 1 unspecified atom stereocenters. The van der Waals surface area contributed by atoms with E-state index in [0.29, 0.717) is 6.04 Å². The maximum Gasteiger partial charge on any atom is 0.0342 e. The molecule has 1 aromatic carbocycles. The van der Waals surface area contributed by atoms with Crippen molar-refractivity contribution < 1.29 is 0 Å². The molecule has 1 aliphatic heterocycles. The molecule has 1 fully saturated rings. The summed E-state index contributed by atoms with van der Waals surface area (Å²) in [5, 5.41) is 7.07. The molecule has 1 heterocycles. The highest BCUT2D eigenvalue weighted by Gasteiger charge is 2.09. The number of rotatable bonds is 2. The lowest BCUT2D eigenvalue weighted by atomic mass is 10.0. The molecule has 0 aromatic heterocycles. The SMILES string of the molecule is Cl.Cl.c1ccc(NC2CCCCNCC2)cc1. The van der Waals surface area contributed by atoms with Gasteiger partial charge in [0.05, 0.1) is 0 Å². The van der Waals surface area contributed by atoms with E-state index in [-0.39, 0.29) is 24.8 Å². The molecule has 0 aliphatic carbocycles. The van der Waals surface area contributed by atoms with Gasteiger partial charge in [0, 0.05) is 11.7 Å². The lowest BCUT2D eigenvalue weighted by Crippen LogP contribution is -2.29. The summed E-state index contributed by atoms with van der Waals surface area (Å²) in [4.78, 5) is 0. The molecule has 0 amide bonds. The maximum atomic E-state index is 3.61. The van der Waals surface area contributed by atoms with Gasteiger partial charge in [-0.3, -0.25) is 0 Å². The minimum atomic E-state index is 0. The lowest BCUT2D eigenvalue weighted by molar-refractivity contribution is 0.483. The molecule has 2 rings (SSSR count). The van der Waals surface area contributed by atoms with Crippen molar-refractivity contribution in [3.05, 3.63) is 30.3 Å². The predicted octanol–water partition coefficient (Wildman–Crippen LogP) is 3.47. The van der Waals surface area contributed by atoms with Gasteiger partial charge in [-0.1, -0.05) is 24.6 Å². The molecule has 1 atom stereocenters. The Morgan fingerprint density at radius 2 is 1.71 bits per heavy atom. The van der Waals surface area contributed by atoms with Crippen LogP contribution in [0.1, 0.15) is 25.7 Å². The van der Waals surface area contributed by atoms with E-state index in [4.69, 9.17) is 0 Å². The monoisotopic (exact) mass is 276 g/mol. The van der Waals surface area contributed by atoms with Crippen LogP contribution in [-0.2, 0) is 0 Å². The molecule has 98 valence electrons. The number of anilines is 1. The molecule has 4 heteroatoms. The molecule has 1 saturated heterocycles. The highest BCUT2D eigenvalue weighted by Crippen LogP contribution is 2.14. The molecule has 0 radical (unpaired) electrons. The van der Waals surface area contributed by atoms with Crippen LogP contribution in [0.4, 0.5) is 5.69 Å². The first-order valence-electron chi connectivity index (χ1n) is 5.97. The van der Waals surface area contributed by atoms with E-state index < -0.39 is 0 Å². The minimum absolute atomic E-state index is 0. The van der Waals surface area contributed by atoms with Crippen molar-refractivity contribution in [3.63, 3.8) is 0 Å². The van der Waals surface area contributed by atoms with Gasteiger partial charge in [0.1, 0.15) is 0 Å². The molecule has 2 N–H and O–H groups in total. The standard InChI is InChI=1S/C13H20N2.2ClH/c1-2-6-12(7-3-1)15-13-8-4-5-10-14-11-9-13;;/h1-3,6-7,13-15H,4-5,8-11H2;2*1H. The Morgan fingerprint density at radius 3 is 2.47 bits per heavy atom. The summed E-state index contributed by atoms with van der Waals surface area (Å²) < 4.78 is 0. The van der Waals surface area contributed by atoms with Gasteiger partial charge in [0.15, 0.2) is 0 Å². The summed E-state index contributed by atoms with van der Waals surface area (Å²) in [5.41, 5.74) is 1.25. The average molecular weight is 277 g/mol. The van der Waals surface area contributed by atoms with E-state index >= 15 is 0 Å². The van der Waals surface area contributed by atoms with Crippen molar-refractivity contribution in [2.75, 3.05) is 18.4 Å². The first kappa shape index (κ1) is 16.6. The molecule has 0 saturated carbocycles. The third kappa shape index (κ3) is 6.16. The Kier molecular flexibility index (Phi) is 9.33. The maximum absolute atomic E-state index is 3.61.